The minimum absolute atomic E-state index is 0.286. The summed E-state index contributed by atoms with van der Waals surface area (Å²) in [4.78, 5) is 16.5. The van der Waals surface area contributed by atoms with E-state index < -0.39 is 0 Å². The second-order valence-corrected chi connectivity index (χ2v) is 6.57. The molecular weight excluding hydrogens is 250 g/mol. The summed E-state index contributed by atoms with van der Waals surface area (Å²) in [6.07, 6.45) is 7.88. The number of hydrogen-bond acceptors (Lipinski definition) is 3. The number of hydrogen-bond donors (Lipinski definition) is 1. The van der Waals surface area contributed by atoms with Crippen LogP contribution in [0, 0.1) is 5.92 Å². The molecule has 0 aromatic heterocycles. The van der Waals surface area contributed by atoms with Crippen molar-refractivity contribution in [3.8, 4) is 0 Å². The van der Waals surface area contributed by atoms with E-state index in [1.54, 1.807) is 0 Å². The summed E-state index contributed by atoms with van der Waals surface area (Å²) in [5, 5.41) is 3.49. The average Bonchev–Trinajstić information content (AvgIpc) is 2.47. The summed E-state index contributed by atoms with van der Waals surface area (Å²) in [6.45, 7) is 6.61. The lowest BCUT2D eigenvalue weighted by molar-refractivity contribution is -0.132. The van der Waals surface area contributed by atoms with Gasteiger partial charge in [0.15, 0.2) is 0 Å². The molecule has 1 aliphatic carbocycles. The minimum Gasteiger partial charge on any atom is -0.339 e. The summed E-state index contributed by atoms with van der Waals surface area (Å²) < 4.78 is 0. The van der Waals surface area contributed by atoms with Crippen LogP contribution in [0.15, 0.2) is 0 Å². The van der Waals surface area contributed by atoms with Crippen molar-refractivity contribution in [2.75, 3.05) is 39.8 Å². The van der Waals surface area contributed by atoms with Crippen LogP contribution in [0.25, 0.3) is 0 Å². The molecule has 4 nitrogen and oxygen atoms in total. The lowest BCUT2D eigenvalue weighted by Crippen LogP contribution is -2.50. The van der Waals surface area contributed by atoms with Gasteiger partial charge in [0.05, 0.1) is 6.54 Å². The molecule has 116 valence electrons. The Morgan fingerprint density at radius 3 is 2.35 bits per heavy atom. The molecule has 0 atom stereocenters. The Balaban J connectivity index is 1.62. The normalized spacial score (nSPS) is 28.6. The van der Waals surface area contributed by atoms with Crippen molar-refractivity contribution in [1.82, 2.24) is 15.1 Å². The van der Waals surface area contributed by atoms with E-state index in [9.17, 15) is 4.79 Å². The molecule has 0 bridgehead atoms. The van der Waals surface area contributed by atoms with Gasteiger partial charge in [-0.2, -0.15) is 0 Å². The van der Waals surface area contributed by atoms with E-state index in [4.69, 9.17) is 0 Å². The van der Waals surface area contributed by atoms with Gasteiger partial charge >= 0.3 is 0 Å². The predicted octanol–water partition coefficient (Wildman–Crippen LogP) is 1.71. The molecule has 0 aromatic carbocycles. The van der Waals surface area contributed by atoms with Crippen molar-refractivity contribution >= 4 is 5.91 Å². The van der Waals surface area contributed by atoms with Crippen molar-refractivity contribution in [2.24, 2.45) is 5.92 Å². The maximum Gasteiger partial charge on any atom is 0.236 e. The third kappa shape index (κ3) is 4.74. The molecule has 0 radical (unpaired) electrons. The van der Waals surface area contributed by atoms with Gasteiger partial charge < -0.3 is 15.1 Å². The van der Waals surface area contributed by atoms with Gasteiger partial charge in [-0.15, -0.1) is 0 Å². The first-order chi connectivity index (χ1) is 9.69. The highest BCUT2D eigenvalue weighted by atomic mass is 16.2. The number of carbonyl (C=O) groups is 1. The zero-order valence-electron chi connectivity index (χ0n) is 13.2. The highest BCUT2D eigenvalue weighted by Crippen LogP contribution is 2.27. The minimum atomic E-state index is 0.286. The number of likely N-dealkylation sites (N-methyl/N-ethyl adjacent to an activating group) is 1. The first kappa shape index (κ1) is 15.8. The molecule has 2 rings (SSSR count). The number of rotatable bonds is 5. The molecule has 1 N–H and O–H groups in total. The number of piperazine rings is 1. The largest absolute Gasteiger partial charge is 0.339 e. The van der Waals surface area contributed by atoms with Gasteiger partial charge in [-0.25, -0.2) is 0 Å². The molecule has 2 fully saturated rings. The van der Waals surface area contributed by atoms with Crippen molar-refractivity contribution in [1.29, 1.82) is 0 Å². The molecule has 0 unspecified atom stereocenters. The van der Waals surface area contributed by atoms with E-state index in [1.807, 2.05) is 4.90 Å². The van der Waals surface area contributed by atoms with E-state index in [1.165, 1.54) is 38.5 Å². The SMILES string of the molecule is CCCC1CCC(NCC(=O)N2CCN(C)CC2)CC1. The summed E-state index contributed by atoms with van der Waals surface area (Å²) in [6, 6.07) is 0.569. The molecule has 0 aromatic rings. The number of nitrogens with zero attached hydrogens (tertiary/aromatic N) is 2. The van der Waals surface area contributed by atoms with Gasteiger partial charge in [-0.05, 0) is 38.6 Å². The molecular formula is C16H31N3O. The zero-order valence-corrected chi connectivity index (χ0v) is 13.2. The van der Waals surface area contributed by atoms with Crippen molar-refractivity contribution in [3.05, 3.63) is 0 Å². The molecule has 2 aliphatic rings. The van der Waals surface area contributed by atoms with E-state index >= 15 is 0 Å². The van der Waals surface area contributed by atoms with E-state index in [0.717, 1.165) is 32.1 Å². The van der Waals surface area contributed by atoms with Crippen LogP contribution in [0.3, 0.4) is 0 Å². The lowest BCUT2D eigenvalue weighted by Gasteiger charge is -2.33. The summed E-state index contributed by atoms with van der Waals surface area (Å²) in [5.41, 5.74) is 0. The molecule has 1 amide bonds. The number of carbonyl (C=O) groups excluding carboxylic acids is 1. The van der Waals surface area contributed by atoms with Gasteiger partial charge in [0.25, 0.3) is 0 Å². The van der Waals surface area contributed by atoms with E-state index in [-0.39, 0.29) is 5.91 Å². The summed E-state index contributed by atoms with van der Waals surface area (Å²) in [5.74, 6) is 1.22. The van der Waals surface area contributed by atoms with Crippen molar-refractivity contribution in [3.63, 3.8) is 0 Å². The Morgan fingerprint density at radius 1 is 1.10 bits per heavy atom. The van der Waals surface area contributed by atoms with Crippen LogP contribution in [-0.4, -0.2) is 61.5 Å². The van der Waals surface area contributed by atoms with Crippen LogP contribution in [0.1, 0.15) is 45.4 Å². The Morgan fingerprint density at radius 2 is 1.75 bits per heavy atom. The topological polar surface area (TPSA) is 35.6 Å². The van der Waals surface area contributed by atoms with Crippen molar-refractivity contribution < 1.29 is 4.79 Å². The smallest absolute Gasteiger partial charge is 0.236 e. The molecule has 1 heterocycles. The molecule has 1 saturated heterocycles. The maximum atomic E-state index is 12.2. The number of nitrogens with one attached hydrogen (secondary N) is 1. The first-order valence-corrected chi connectivity index (χ1v) is 8.38. The van der Waals surface area contributed by atoms with Crippen LogP contribution in [0.4, 0.5) is 0 Å². The first-order valence-electron chi connectivity index (χ1n) is 8.38. The van der Waals surface area contributed by atoms with Crippen LogP contribution in [0.2, 0.25) is 0 Å². The van der Waals surface area contributed by atoms with E-state index in [0.29, 0.717) is 12.6 Å². The van der Waals surface area contributed by atoms with Gasteiger partial charge in [0.1, 0.15) is 0 Å². The fourth-order valence-electron chi connectivity index (χ4n) is 3.46. The van der Waals surface area contributed by atoms with E-state index in [2.05, 4.69) is 24.2 Å². The van der Waals surface area contributed by atoms with Gasteiger partial charge in [0, 0.05) is 32.2 Å². The molecule has 20 heavy (non-hydrogen) atoms. The summed E-state index contributed by atoms with van der Waals surface area (Å²) in [7, 11) is 2.12. The van der Waals surface area contributed by atoms with Crippen LogP contribution in [0.5, 0.6) is 0 Å². The highest BCUT2D eigenvalue weighted by Gasteiger charge is 2.23. The third-order valence-electron chi connectivity index (χ3n) is 4.94. The van der Waals surface area contributed by atoms with Gasteiger partial charge in [-0.1, -0.05) is 19.8 Å². The predicted molar refractivity (Wildman–Crippen MR) is 82.7 cm³/mol. The Hall–Kier alpha value is -0.610. The molecule has 1 saturated carbocycles. The van der Waals surface area contributed by atoms with Crippen LogP contribution >= 0.6 is 0 Å². The quantitative estimate of drug-likeness (QED) is 0.833. The Kier molecular flexibility index (Phi) is 6.30. The molecule has 4 heteroatoms. The monoisotopic (exact) mass is 281 g/mol. The lowest BCUT2D eigenvalue weighted by atomic mass is 9.83. The second kappa shape index (κ2) is 7.99. The second-order valence-electron chi connectivity index (χ2n) is 6.57. The fourth-order valence-corrected chi connectivity index (χ4v) is 3.46. The average molecular weight is 281 g/mol. The summed E-state index contributed by atoms with van der Waals surface area (Å²) >= 11 is 0. The zero-order chi connectivity index (χ0) is 14.4. The molecule has 0 spiro atoms. The highest BCUT2D eigenvalue weighted by molar-refractivity contribution is 5.78. The molecule has 1 aliphatic heterocycles. The maximum absolute atomic E-state index is 12.2. The third-order valence-corrected chi connectivity index (χ3v) is 4.94. The van der Waals surface area contributed by atoms with Gasteiger partial charge in [-0.3, -0.25) is 4.79 Å². The fraction of sp³-hybridized carbons (Fsp3) is 0.938. The van der Waals surface area contributed by atoms with Gasteiger partial charge in [0.2, 0.25) is 5.91 Å². The standard InChI is InChI=1S/C16H31N3O/c1-3-4-14-5-7-15(8-6-14)17-13-16(20)19-11-9-18(2)10-12-19/h14-15,17H,3-13H2,1-2H3. The Bertz CT molecular complexity index is 292. The number of amides is 1. The van der Waals surface area contributed by atoms with Crippen LogP contribution in [-0.2, 0) is 4.79 Å². The van der Waals surface area contributed by atoms with Crippen molar-refractivity contribution in [2.45, 2.75) is 51.5 Å². The van der Waals surface area contributed by atoms with Crippen LogP contribution < -0.4 is 5.32 Å². The Labute approximate surface area is 123 Å².